The topological polar surface area (TPSA) is 49.3 Å². The minimum Gasteiger partial charge on any atom is -0.389 e. The number of rotatable bonds is 3. The van der Waals surface area contributed by atoms with Crippen LogP contribution in [0.3, 0.4) is 0 Å². The molecule has 0 aliphatic rings. The van der Waals surface area contributed by atoms with E-state index in [1.54, 1.807) is 19.1 Å². The molecule has 2 N–H and O–H groups in total. The van der Waals surface area contributed by atoms with E-state index in [0.29, 0.717) is 16.8 Å². The second-order valence-corrected chi connectivity index (χ2v) is 7.60. The summed E-state index contributed by atoms with van der Waals surface area (Å²) < 4.78 is 0.924. The van der Waals surface area contributed by atoms with Gasteiger partial charge in [-0.25, -0.2) is 0 Å². The van der Waals surface area contributed by atoms with Gasteiger partial charge in [-0.15, -0.1) is 0 Å². The molecule has 0 radical (unpaired) electrons. The molecule has 0 fully saturated rings. The van der Waals surface area contributed by atoms with Crippen molar-refractivity contribution in [2.75, 3.05) is 5.32 Å². The standard InChI is InChI=1S/C19H22BrNO2/c1-12(22)16-10-7-14(19(2,3)4)11-17(16)21-18(23)13-5-8-15(20)9-6-13/h5-12,22H,1-4H3,(H,21,23). The molecule has 1 amide bonds. The molecule has 0 heterocycles. The van der Waals surface area contributed by atoms with E-state index in [2.05, 4.69) is 42.0 Å². The van der Waals surface area contributed by atoms with Crippen molar-refractivity contribution in [3.8, 4) is 0 Å². The fourth-order valence-corrected chi connectivity index (χ4v) is 2.56. The SMILES string of the molecule is CC(O)c1ccc(C(C)(C)C)cc1NC(=O)c1ccc(Br)cc1. The maximum Gasteiger partial charge on any atom is 0.255 e. The molecule has 0 aromatic heterocycles. The third-order valence-corrected chi connectivity index (χ3v) is 4.25. The van der Waals surface area contributed by atoms with E-state index in [1.165, 1.54) is 0 Å². The Hall–Kier alpha value is -1.65. The zero-order valence-electron chi connectivity index (χ0n) is 13.9. The van der Waals surface area contributed by atoms with Crippen LogP contribution in [-0.2, 0) is 5.41 Å². The predicted molar refractivity (Wildman–Crippen MR) is 97.9 cm³/mol. The molecule has 2 rings (SSSR count). The number of amides is 1. The third-order valence-electron chi connectivity index (χ3n) is 3.72. The molecule has 2 aromatic rings. The Labute approximate surface area is 145 Å². The quantitative estimate of drug-likeness (QED) is 0.787. The minimum atomic E-state index is -0.649. The van der Waals surface area contributed by atoms with Gasteiger partial charge in [0.15, 0.2) is 0 Å². The van der Waals surface area contributed by atoms with Crippen LogP contribution in [0, 0.1) is 0 Å². The second kappa shape index (κ2) is 6.85. The maximum atomic E-state index is 12.5. The molecule has 3 nitrogen and oxygen atoms in total. The highest BCUT2D eigenvalue weighted by Gasteiger charge is 2.18. The van der Waals surface area contributed by atoms with Crippen LogP contribution in [-0.4, -0.2) is 11.0 Å². The van der Waals surface area contributed by atoms with Crippen LogP contribution in [0.15, 0.2) is 46.9 Å². The van der Waals surface area contributed by atoms with E-state index >= 15 is 0 Å². The Morgan fingerprint density at radius 2 is 1.74 bits per heavy atom. The van der Waals surface area contributed by atoms with Crippen molar-refractivity contribution in [2.45, 2.75) is 39.2 Å². The molecule has 0 aliphatic carbocycles. The van der Waals surface area contributed by atoms with Crippen LogP contribution in [0.5, 0.6) is 0 Å². The Kier molecular flexibility index (Phi) is 5.27. The number of halogens is 1. The van der Waals surface area contributed by atoms with Crippen molar-refractivity contribution in [2.24, 2.45) is 0 Å². The van der Waals surface area contributed by atoms with Crippen LogP contribution < -0.4 is 5.32 Å². The fraction of sp³-hybridized carbons (Fsp3) is 0.316. The molecule has 122 valence electrons. The molecule has 2 aromatic carbocycles. The first-order chi connectivity index (χ1) is 10.7. The third kappa shape index (κ3) is 4.43. The lowest BCUT2D eigenvalue weighted by molar-refractivity contribution is 0.102. The first-order valence-electron chi connectivity index (χ1n) is 7.58. The summed E-state index contributed by atoms with van der Waals surface area (Å²) in [4.78, 5) is 12.5. The van der Waals surface area contributed by atoms with E-state index in [9.17, 15) is 9.90 Å². The summed E-state index contributed by atoms with van der Waals surface area (Å²) >= 11 is 3.36. The van der Waals surface area contributed by atoms with Crippen LogP contribution in [0.1, 0.15) is 55.3 Å². The first kappa shape index (κ1) is 17.7. The van der Waals surface area contributed by atoms with Crippen molar-refractivity contribution >= 4 is 27.5 Å². The number of nitrogens with one attached hydrogen (secondary N) is 1. The lowest BCUT2D eigenvalue weighted by Gasteiger charge is -2.22. The van der Waals surface area contributed by atoms with Crippen LogP contribution in [0.25, 0.3) is 0 Å². The Morgan fingerprint density at radius 3 is 2.26 bits per heavy atom. The second-order valence-electron chi connectivity index (χ2n) is 6.69. The first-order valence-corrected chi connectivity index (χ1v) is 8.37. The number of carbonyl (C=O) groups is 1. The fourth-order valence-electron chi connectivity index (χ4n) is 2.29. The number of hydrogen-bond acceptors (Lipinski definition) is 2. The summed E-state index contributed by atoms with van der Waals surface area (Å²) in [6, 6.07) is 13.0. The van der Waals surface area contributed by atoms with Gasteiger partial charge in [-0.3, -0.25) is 4.79 Å². The lowest BCUT2D eigenvalue weighted by Crippen LogP contribution is -2.16. The molecule has 0 spiro atoms. The summed E-state index contributed by atoms with van der Waals surface area (Å²) in [5.74, 6) is -0.189. The highest BCUT2D eigenvalue weighted by atomic mass is 79.9. The number of hydrogen-bond donors (Lipinski definition) is 2. The monoisotopic (exact) mass is 375 g/mol. The van der Waals surface area contributed by atoms with Crippen molar-refractivity contribution in [1.29, 1.82) is 0 Å². The number of aliphatic hydroxyl groups is 1. The molecular formula is C19H22BrNO2. The van der Waals surface area contributed by atoms with Gasteiger partial charge < -0.3 is 10.4 Å². The predicted octanol–water partition coefficient (Wildman–Crippen LogP) is 5.05. The highest BCUT2D eigenvalue weighted by molar-refractivity contribution is 9.10. The van der Waals surface area contributed by atoms with Crippen LogP contribution >= 0.6 is 15.9 Å². The Morgan fingerprint density at radius 1 is 1.13 bits per heavy atom. The smallest absolute Gasteiger partial charge is 0.255 e. The molecular weight excluding hydrogens is 354 g/mol. The lowest BCUT2D eigenvalue weighted by atomic mass is 9.85. The Bertz CT molecular complexity index is 700. The van der Waals surface area contributed by atoms with Crippen molar-refractivity contribution < 1.29 is 9.90 Å². The van der Waals surface area contributed by atoms with Crippen molar-refractivity contribution in [1.82, 2.24) is 0 Å². The van der Waals surface area contributed by atoms with Gasteiger partial charge in [0.25, 0.3) is 5.91 Å². The van der Waals surface area contributed by atoms with Crippen LogP contribution in [0.2, 0.25) is 0 Å². The van der Waals surface area contributed by atoms with Crippen molar-refractivity contribution in [3.63, 3.8) is 0 Å². The summed E-state index contributed by atoms with van der Waals surface area (Å²) in [7, 11) is 0. The van der Waals surface area contributed by atoms with E-state index in [1.807, 2.05) is 30.3 Å². The van der Waals surface area contributed by atoms with E-state index < -0.39 is 6.10 Å². The summed E-state index contributed by atoms with van der Waals surface area (Å²) in [6.45, 7) is 8.04. The van der Waals surface area contributed by atoms with E-state index in [-0.39, 0.29) is 11.3 Å². The minimum absolute atomic E-state index is 0.0334. The average molecular weight is 376 g/mol. The van der Waals surface area contributed by atoms with Gasteiger partial charge in [-0.05, 0) is 48.2 Å². The van der Waals surface area contributed by atoms with E-state index in [4.69, 9.17) is 0 Å². The molecule has 0 saturated heterocycles. The average Bonchev–Trinajstić information content (AvgIpc) is 2.46. The number of benzene rings is 2. The number of aliphatic hydroxyl groups excluding tert-OH is 1. The largest absolute Gasteiger partial charge is 0.389 e. The van der Waals surface area contributed by atoms with Gasteiger partial charge in [0.1, 0.15) is 0 Å². The van der Waals surface area contributed by atoms with Crippen LogP contribution in [0.4, 0.5) is 5.69 Å². The van der Waals surface area contributed by atoms with Crippen molar-refractivity contribution in [3.05, 3.63) is 63.6 Å². The van der Waals surface area contributed by atoms with Gasteiger partial charge >= 0.3 is 0 Å². The zero-order chi connectivity index (χ0) is 17.2. The van der Waals surface area contributed by atoms with Gasteiger partial charge in [0, 0.05) is 21.3 Å². The van der Waals surface area contributed by atoms with Gasteiger partial charge in [0.2, 0.25) is 0 Å². The summed E-state index contributed by atoms with van der Waals surface area (Å²) in [5, 5.41) is 12.9. The zero-order valence-corrected chi connectivity index (χ0v) is 15.4. The molecule has 1 atom stereocenters. The summed E-state index contributed by atoms with van der Waals surface area (Å²) in [5.41, 5.74) is 3.01. The number of carbonyl (C=O) groups excluding carboxylic acids is 1. The van der Waals surface area contributed by atoms with E-state index in [0.717, 1.165) is 10.0 Å². The van der Waals surface area contributed by atoms with Gasteiger partial charge in [-0.2, -0.15) is 0 Å². The molecule has 1 unspecified atom stereocenters. The summed E-state index contributed by atoms with van der Waals surface area (Å²) in [6.07, 6.45) is -0.649. The molecule has 0 saturated carbocycles. The molecule has 0 bridgehead atoms. The van der Waals surface area contributed by atoms with Gasteiger partial charge in [0.05, 0.1) is 6.10 Å². The molecule has 0 aliphatic heterocycles. The normalized spacial score (nSPS) is 12.8. The highest BCUT2D eigenvalue weighted by Crippen LogP contribution is 2.30. The molecule has 23 heavy (non-hydrogen) atoms. The Balaban J connectivity index is 2.36. The van der Waals surface area contributed by atoms with Gasteiger partial charge in [-0.1, -0.05) is 48.8 Å². The molecule has 4 heteroatoms. The maximum absolute atomic E-state index is 12.5. The number of anilines is 1.